The van der Waals surface area contributed by atoms with Gasteiger partial charge in [0.25, 0.3) is 5.91 Å². The average Bonchev–Trinajstić information content (AvgIpc) is 2.94. The monoisotopic (exact) mass is 487 g/mol. The Kier molecular flexibility index (Phi) is 7.87. The van der Waals surface area contributed by atoms with E-state index in [1.54, 1.807) is 6.07 Å². The Bertz CT molecular complexity index is 1090. The Morgan fingerprint density at radius 2 is 1.67 bits per heavy atom. The maximum Gasteiger partial charge on any atom is 0.258 e. The topological polar surface area (TPSA) is 86.7 Å². The number of likely N-dealkylation sites (tertiary alicyclic amines) is 1. The lowest BCUT2D eigenvalue weighted by Gasteiger charge is -2.35. The molecule has 4 heterocycles. The number of nitrogens with one attached hydrogen (secondary N) is 1. The highest BCUT2D eigenvalue weighted by atomic mass is 16.5. The molecule has 1 aromatic carbocycles. The summed E-state index contributed by atoms with van der Waals surface area (Å²) in [4.78, 5) is 23.8. The highest BCUT2D eigenvalue weighted by molar-refractivity contribution is 5.77. The van der Waals surface area contributed by atoms with Crippen molar-refractivity contribution in [1.82, 2.24) is 25.4 Å². The van der Waals surface area contributed by atoms with Crippen LogP contribution < -0.4 is 19.9 Å². The molecule has 0 radical (unpaired) electrons. The summed E-state index contributed by atoms with van der Waals surface area (Å²) in [5.41, 5.74) is 1.30. The Labute approximate surface area is 212 Å². The third-order valence-electron chi connectivity index (χ3n) is 6.67. The van der Waals surface area contributed by atoms with Crippen molar-refractivity contribution in [3.05, 3.63) is 72.4 Å². The van der Waals surface area contributed by atoms with E-state index in [0.717, 1.165) is 70.3 Å². The largest absolute Gasteiger partial charge is 0.466 e. The summed E-state index contributed by atoms with van der Waals surface area (Å²) < 4.78 is 5.61. The molecule has 188 valence electrons. The van der Waals surface area contributed by atoms with E-state index in [0.29, 0.717) is 5.88 Å². The van der Waals surface area contributed by atoms with E-state index in [1.807, 2.05) is 36.5 Å². The molecule has 0 saturated carbocycles. The summed E-state index contributed by atoms with van der Waals surface area (Å²) >= 11 is 0. The fourth-order valence-corrected chi connectivity index (χ4v) is 4.83. The first-order chi connectivity index (χ1) is 17.7. The van der Waals surface area contributed by atoms with Crippen LogP contribution in [0.4, 0.5) is 11.6 Å². The normalized spacial score (nSPS) is 18.6. The van der Waals surface area contributed by atoms with Gasteiger partial charge in [0.1, 0.15) is 5.82 Å². The van der Waals surface area contributed by atoms with Gasteiger partial charge in [-0.3, -0.25) is 9.69 Å². The molecule has 0 bridgehead atoms. The van der Waals surface area contributed by atoms with Gasteiger partial charge in [0.2, 0.25) is 5.88 Å². The zero-order valence-electron chi connectivity index (χ0n) is 20.5. The van der Waals surface area contributed by atoms with Crippen molar-refractivity contribution in [3.8, 4) is 5.88 Å². The average molecular weight is 488 g/mol. The maximum atomic E-state index is 12.5. The minimum Gasteiger partial charge on any atom is -0.466 e. The van der Waals surface area contributed by atoms with Crippen LogP contribution in [0.25, 0.3) is 0 Å². The van der Waals surface area contributed by atoms with E-state index in [9.17, 15) is 4.79 Å². The van der Waals surface area contributed by atoms with Crippen molar-refractivity contribution >= 4 is 17.5 Å². The number of hydrogen-bond donors (Lipinski definition) is 1. The van der Waals surface area contributed by atoms with E-state index >= 15 is 0 Å². The van der Waals surface area contributed by atoms with Crippen LogP contribution >= 0.6 is 0 Å². The number of aromatic nitrogens is 3. The van der Waals surface area contributed by atoms with Crippen molar-refractivity contribution in [2.24, 2.45) is 0 Å². The van der Waals surface area contributed by atoms with Gasteiger partial charge in [-0.15, -0.1) is 10.2 Å². The van der Waals surface area contributed by atoms with Gasteiger partial charge in [-0.2, -0.15) is 0 Å². The number of piperazine rings is 1. The Morgan fingerprint density at radius 1 is 0.889 bits per heavy atom. The van der Waals surface area contributed by atoms with Crippen molar-refractivity contribution in [2.75, 3.05) is 55.7 Å². The zero-order valence-corrected chi connectivity index (χ0v) is 20.5. The molecule has 1 amide bonds. The predicted octanol–water partition coefficient (Wildman–Crippen LogP) is 2.36. The van der Waals surface area contributed by atoms with Crippen molar-refractivity contribution < 1.29 is 9.53 Å². The van der Waals surface area contributed by atoms with Gasteiger partial charge >= 0.3 is 0 Å². The SMILES string of the molecule is O=C(COc1ccc(N2CCN(c3ccccn3)CC2)nn1)NC1CCCN(Cc2ccccc2)C1. The molecule has 1 unspecified atom stereocenters. The summed E-state index contributed by atoms with van der Waals surface area (Å²) in [7, 11) is 0. The fourth-order valence-electron chi connectivity index (χ4n) is 4.83. The molecule has 9 heteroatoms. The molecule has 3 aromatic rings. The molecule has 1 atom stereocenters. The first-order valence-electron chi connectivity index (χ1n) is 12.7. The lowest BCUT2D eigenvalue weighted by molar-refractivity contribution is -0.124. The first-order valence-corrected chi connectivity index (χ1v) is 12.7. The molecule has 1 N–H and O–H groups in total. The second-order valence-corrected chi connectivity index (χ2v) is 9.31. The van der Waals surface area contributed by atoms with E-state index in [4.69, 9.17) is 4.74 Å². The van der Waals surface area contributed by atoms with Crippen LogP contribution in [0.3, 0.4) is 0 Å². The van der Waals surface area contributed by atoms with Crippen molar-refractivity contribution in [3.63, 3.8) is 0 Å². The van der Waals surface area contributed by atoms with Gasteiger partial charge in [0.05, 0.1) is 0 Å². The van der Waals surface area contributed by atoms with E-state index < -0.39 is 0 Å². The third kappa shape index (κ3) is 6.48. The summed E-state index contributed by atoms with van der Waals surface area (Å²) in [6, 6.07) is 20.2. The van der Waals surface area contributed by atoms with Gasteiger partial charge in [-0.25, -0.2) is 4.98 Å². The van der Waals surface area contributed by atoms with Gasteiger partial charge in [-0.1, -0.05) is 36.4 Å². The highest BCUT2D eigenvalue weighted by Gasteiger charge is 2.22. The van der Waals surface area contributed by atoms with Crippen LogP contribution in [0.5, 0.6) is 5.88 Å². The zero-order chi connectivity index (χ0) is 24.6. The van der Waals surface area contributed by atoms with E-state index in [-0.39, 0.29) is 18.6 Å². The Morgan fingerprint density at radius 3 is 2.39 bits per heavy atom. The number of anilines is 2. The van der Waals surface area contributed by atoms with Gasteiger partial charge in [0, 0.05) is 57.6 Å². The molecule has 2 saturated heterocycles. The molecule has 5 rings (SSSR count). The number of carbonyl (C=O) groups is 1. The van der Waals surface area contributed by atoms with E-state index in [1.165, 1.54) is 5.56 Å². The number of pyridine rings is 1. The minimum absolute atomic E-state index is 0.0635. The number of carbonyl (C=O) groups excluding carboxylic acids is 1. The fraction of sp³-hybridized carbons (Fsp3) is 0.407. The van der Waals surface area contributed by atoms with Gasteiger partial charge in [0.15, 0.2) is 12.4 Å². The quantitative estimate of drug-likeness (QED) is 0.518. The lowest BCUT2D eigenvalue weighted by atomic mass is 10.0. The van der Waals surface area contributed by atoms with Crippen molar-refractivity contribution in [2.45, 2.75) is 25.4 Å². The molecule has 0 aliphatic carbocycles. The summed E-state index contributed by atoms with van der Waals surface area (Å²) in [5, 5.41) is 11.6. The molecule has 2 fully saturated rings. The van der Waals surface area contributed by atoms with Crippen LogP contribution in [0.15, 0.2) is 66.9 Å². The van der Waals surface area contributed by atoms with Crippen LogP contribution in [-0.4, -0.2) is 77.9 Å². The molecular formula is C27H33N7O2. The Balaban J connectivity index is 1.04. The van der Waals surface area contributed by atoms with Gasteiger partial charge in [-0.05, 0) is 43.1 Å². The smallest absolute Gasteiger partial charge is 0.258 e. The molecule has 2 aliphatic rings. The number of amides is 1. The van der Waals surface area contributed by atoms with E-state index in [2.05, 4.69) is 59.5 Å². The summed E-state index contributed by atoms with van der Waals surface area (Å²) in [6.07, 6.45) is 3.88. The van der Waals surface area contributed by atoms with Gasteiger partial charge < -0.3 is 19.9 Å². The molecule has 0 spiro atoms. The molecule has 2 aromatic heterocycles. The van der Waals surface area contributed by atoms with Crippen LogP contribution in [0, 0.1) is 0 Å². The second-order valence-electron chi connectivity index (χ2n) is 9.31. The molecular weight excluding hydrogens is 454 g/mol. The van der Waals surface area contributed by atoms with Crippen molar-refractivity contribution in [1.29, 1.82) is 0 Å². The molecule has 36 heavy (non-hydrogen) atoms. The van der Waals surface area contributed by atoms with Crippen LogP contribution in [0.1, 0.15) is 18.4 Å². The summed E-state index contributed by atoms with van der Waals surface area (Å²) in [6.45, 7) is 6.19. The standard InChI is InChI=1S/C27H33N7O2/c35-26(29-23-9-6-14-32(20-23)19-22-7-2-1-3-8-22)21-36-27-12-11-25(30-31-27)34-17-15-33(16-18-34)24-10-4-5-13-28-24/h1-5,7-8,10-13,23H,6,9,14-21H2,(H,29,35). The summed E-state index contributed by atoms with van der Waals surface area (Å²) in [5.74, 6) is 2.05. The number of rotatable bonds is 8. The highest BCUT2D eigenvalue weighted by Crippen LogP contribution is 2.18. The third-order valence-corrected chi connectivity index (χ3v) is 6.67. The lowest BCUT2D eigenvalue weighted by Crippen LogP contribution is -2.48. The van der Waals surface area contributed by atoms with Crippen LogP contribution in [0.2, 0.25) is 0 Å². The minimum atomic E-state index is -0.127. The number of piperidine rings is 1. The van der Waals surface area contributed by atoms with Crippen LogP contribution in [-0.2, 0) is 11.3 Å². The molecule has 2 aliphatic heterocycles. The number of nitrogens with zero attached hydrogens (tertiary/aromatic N) is 6. The number of benzene rings is 1. The first kappa shape index (κ1) is 24.0. The Hall–Kier alpha value is -3.72. The second kappa shape index (κ2) is 11.8. The number of hydrogen-bond acceptors (Lipinski definition) is 8. The maximum absolute atomic E-state index is 12.5. The molecule has 9 nitrogen and oxygen atoms in total. The predicted molar refractivity (Wildman–Crippen MR) is 139 cm³/mol. The number of ether oxygens (including phenoxy) is 1.